The van der Waals surface area contributed by atoms with E-state index in [-0.39, 0.29) is 0 Å². The second kappa shape index (κ2) is 9.01. The minimum absolute atomic E-state index is 0.296. The molecule has 0 aromatic heterocycles. The molecule has 1 heterocycles. The van der Waals surface area contributed by atoms with Crippen molar-refractivity contribution in [3.63, 3.8) is 0 Å². The number of ether oxygens (including phenoxy) is 2. The van der Waals surface area contributed by atoms with Crippen LogP contribution in [0.1, 0.15) is 38.2 Å². The number of nitrogens with zero attached hydrogens (tertiary/aromatic N) is 1. The first-order chi connectivity index (χ1) is 10.8. The van der Waals surface area contributed by atoms with Gasteiger partial charge in [0.15, 0.2) is 11.5 Å². The van der Waals surface area contributed by atoms with Crippen LogP contribution in [-0.2, 0) is 6.54 Å². The molecule has 0 radical (unpaired) electrons. The number of unbranched alkanes of at least 4 members (excludes halogenated alkanes) is 1. The zero-order valence-corrected chi connectivity index (χ0v) is 13.9. The lowest BCUT2D eigenvalue weighted by Gasteiger charge is -2.31. The molecule has 1 atom stereocenters. The first-order valence-corrected chi connectivity index (χ1v) is 8.39. The number of piperidine rings is 1. The molecular weight excluding hydrogens is 278 g/mol. The summed E-state index contributed by atoms with van der Waals surface area (Å²) in [5.74, 6) is 2.06. The third-order valence-corrected chi connectivity index (χ3v) is 4.25. The Kier molecular flexibility index (Phi) is 7.00. The third-order valence-electron chi connectivity index (χ3n) is 4.25. The maximum atomic E-state index is 9.34. The fraction of sp³-hybridized carbons (Fsp3) is 0.667. The van der Waals surface area contributed by atoms with Crippen LogP contribution in [0.3, 0.4) is 0 Å². The molecule has 0 spiro atoms. The Labute approximate surface area is 134 Å². The molecule has 1 saturated heterocycles. The number of likely N-dealkylation sites (tertiary alicyclic amines) is 1. The Balaban J connectivity index is 1.99. The Morgan fingerprint density at radius 3 is 2.91 bits per heavy atom. The monoisotopic (exact) mass is 307 g/mol. The molecule has 1 fully saturated rings. The normalized spacial score (nSPS) is 19.1. The number of rotatable bonds is 8. The Bertz CT molecular complexity index is 450. The van der Waals surface area contributed by atoms with Gasteiger partial charge in [0.25, 0.3) is 0 Å². The molecule has 4 nitrogen and oxygen atoms in total. The second-order valence-electron chi connectivity index (χ2n) is 6.11. The van der Waals surface area contributed by atoms with Gasteiger partial charge in [-0.05, 0) is 49.4 Å². The summed E-state index contributed by atoms with van der Waals surface area (Å²) in [4.78, 5) is 2.42. The largest absolute Gasteiger partial charge is 0.493 e. The van der Waals surface area contributed by atoms with Crippen LogP contribution in [0.25, 0.3) is 0 Å². The minimum atomic E-state index is 0.296. The predicted octanol–water partition coefficient (Wildman–Crippen LogP) is 3.08. The lowest BCUT2D eigenvalue weighted by molar-refractivity contribution is 0.116. The van der Waals surface area contributed by atoms with Crippen molar-refractivity contribution in [1.82, 2.24) is 4.90 Å². The maximum Gasteiger partial charge on any atom is 0.161 e. The van der Waals surface area contributed by atoms with Crippen LogP contribution >= 0.6 is 0 Å². The molecule has 0 saturated carbocycles. The van der Waals surface area contributed by atoms with Crippen molar-refractivity contribution in [2.75, 3.05) is 33.4 Å². The van der Waals surface area contributed by atoms with E-state index in [1.54, 1.807) is 7.11 Å². The van der Waals surface area contributed by atoms with Crippen molar-refractivity contribution < 1.29 is 14.6 Å². The highest BCUT2D eigenvalue weighted by molar-refractivity contribution is 5.43. The van der Waals surface area contributed by atoms with Gasteiger partial charge < -0.3 is 14.6 Å². The molecule has 124 valence electrons. The first kappa shape index (κ1) is 17.1. The standard InChI is InChI=1S/C18H29NO3/c1-3-4-10-22-18-11-15(7-8-17(18)21-2)12-19-9-5-6-16(13-19)14-20/h7-8,11,16,20H,3-6,9-10,12-14H2,1-2H3. The van der Waals surface area contributed by atoms with Crippen molar-refractivity contribution >= 4 is 0 Å². The van der Waals surface area contributed by atoms with Crippen LogP contribution in [0.2, 0.25) is 0 Å². The van der Waals surface area contributed by atoms with E-state index in [2.05, 4.69) is 24.0 Å². The molecule has 1 N–H and O–H groups in total. The number of methoxy groups -OCH3 is 1. The van der Waals surface area contributed by atoms with Gasteiger partial charge in [-0.2, -0.15) is 0 Å². The van der Waals surface area contributed by atoms with Gasteiger partial charge in [-0.25, -0.2) is 0 Å². The molecule has 0 amide bonds. The summed E-state index contributed by atoms with van der Waals surface area (Å²) in [5, 5.41) is 9.34. The van der Waals surface area contributed by atoms with Crippen LogP contribution < -0.4 is 9.47 Å². The average molecular weight is 307 g/mol. The van der Waals surface area contributed by atoms with Crippen molar-refractivity contribution in [2.45, 2.75) is 39.2 Å². The molecule has 22 heavy (non-hydrogen) atoms. The van der Waals surface area contributed by atoms with Gasteiger partial charge in [0.1, 0.15) is 0 Å². The van der Waals surface area contributed by atoms with E-state index in [0.29, 0.717) is 12.5 Å². The lowest BCUT2D eigenvalue weighted by Crippen LogP contribution is -2.36. The molecule has 1 aliphatic rings. The van der Waals surface area contributed by atoms with Crippen molar-refractivity contribution in [3.8, 4) is 11.5 Å². The quantitative estimate of drug-likeness (QED) is 0.750. The molecule has 2 rings (SSSR count). The lowest BCUT2D eigenvalue weighted by atomic mass is 9.98. The van der Waals surface area contributed by atoms with Crippen LogP contribution in [0.15, 0.2) is 18.2 Å². The number of hydrogen-bond donors (Lipinski definition) is 1. The fourth-order valence-corrected chi connectivity index (χ4v) is 2.96. The number of hydrogen-bond acceptors (Lipinski definition) is 4. The smallest absolute Gasteiger partial charge is 0.161 e. The average Bonchev–Trinajstić information content (AvgIpc) is 2.55. The zero-order chi connectivity index (χ0) is 15.8. The summed E-state index contributed by atoms with van der Waals surface area (Å²) in [6.45, 7) is 6.18. The Morgan fingerprint density at radius 1 is 1.32 bits per heavy atom. The number of benzene rings is 1. The Hall–Kier alpha value is -1.26. The van der Waals surface area contributed by atoms with Gasteiger partial charge in [-0.15, -0.1) is 0 Å². The van der Waals surface area contributed by atoms with Crippen molar-refractivity contribution in [1.29, 1.82) is 0 Å². The minimum Gasteiger partial charge on any atom is -0.493 e. The van der Waals surface area contributed by atoms with Gasteiger partial charge in [0, 0.05) is 19.7 Å². The van der Waals surface area contributed by atoms with Gasteiger partial charge in [-0.3, -0.25) is 4.90 Å². The van der Waals surface area contributed by atoms with E-state index < -0.39 is 0 Å². The van der Waals surface area contributed by atoms with E-state index in [4.69, 9.17) is 9.47 Å². The predicted molar refractivity (Wildman–Crippen MR) is 88.5 cm³/mol. The van der Waals surface area contributed by atoms with Crippen LogP contribution in [0, 0.1) is 5.92 Å². The highest BCUT2D eigenvalue weighted by atomic mass is 16.5. The molecule has 1 aliphatic heterocycles. The molecule has 1 unspecified atom stereocenters. The molecule has 4 heteroatoms. The van der Waals surface area contributed by atoms with Crippen molar-refractivity contribution in [3.05, 3.63) is 23.8 Å². The molecule has 0 aliphatic carbocycles. The van der Waals surface area contributed by atoms with Gasteiger partial charge in [0.05, 0.1) is 13.7 Å². The van der Waals surface area contributed by atoms with E-state index >= 15 is 0 Å². The summed E-state index contributed by atoms with van der Waals surface area (Å²) < 4.78 is 11.2. The number of aliphatic hydroxyl groups is 1. The third kappa shape index (κ3) is 4.89. The topological polar surface area (TPSA) is 41.9 Å². The fourth-order valence-electron chi connectivity index (χ4n) is 2.96. The molecule has 0 bridgehead atoms. The maximum absolute atomic E-state index is 9.34. The summed E-state index contributed by atoms with van der Waals surface area (Å²) in [6.07, 6.45) is 4.48. The van der Waals surface area contributed by atoms with E-state index in [1.165, 1.54) is 12.0 Å². The molecule has 1 aromatic rings. The molecular formula is C18H29NO3. The summed E-state index contributed by atoms with van der Waals surface area (Å²) >= 11 is 0. The summed E-state index contributed by atoms with van der Waals surface area (Å²) in [7, 11) is 1.68. The van der Waals surface area contributed by atoms with Crippen molar-refractivity contribution in [2.24, 2.45) is 5.92 Å². The summed E-state index contributed by atoms with van der Waals surface area (Å²) in [5.41, 5.74) is 1.24. The van der Waals surface area contributed by atoms with Gasteiger partial charge in [-0.1, -0.05) is 19.4 Å². The Morgan fingerprint density at radius 2 is 2.18 bits per heavy atom. The molecule has 1 aromatic carbocycles. The highest BCUT2D eigenvalue weighted by Gasteiger charge is 2.19. The zero-order valence-electron chi connectivity index (χ0n) is 13.9. The SMILES string of the molecule is CCCCOc1cc(CN2CCCC(CO)C2)ccc1OC. The van der Waals surface area contributed by atoms with Crippen LogP contribution in [0.5, 0.6) is 11.5 Å². The first-order valence-electron chi connectivity index (χ1n) is 8.39. The van der Waals surface area contributed by atoms with E-state index in [0.717, 1.165) is 57.0 Å². The van der Waals surface area contributed by atoms with E-state index in [9.17, 15) is 5.11 Å². The van der Waals surface area contributed by atoms with Gasteiger partial charge in [0.2, 0.25) is 0 Å². The van der Waals surface area contributed by atoms with Crippen LogP contribution in [-0.4, -0.2) is 43.4 Å². The van der Waals surface area contributed by atoms with E-state index in [1.807, 2.05) is 6.07 Å². The second-order valence-corrected chi connectivity index (χ2v) is 6.11. The van der Waals surface area contributed by atoms with Crippen LogP contribution in [0.4, 0.5) is 0 Å². The number of aliphatic hydroxyl groups excluding tert-OH is 1. The van der Waals surface area contributed by atoms with Gasteiger partial charge >= 0.3 is 0 Å². The summed E-state index contributed by atoms with van der Waals surface area (Å²) in [6, 6.07) is 6.19. The highest BCUT2D eigenvalue weighted by Crippen LogP contribution is 2.29.